The third kappa shape index (κ3) is 4.68. The predicted molar refractivity (Wildman–Crippen MR) is 86.0 cm³/mol. The molecule has 0 bridgehead atoms. The monoisotopic (exact) mass is 363 g/mol. The summed E-state index contributed by atoms with van der Waals surface area (Å²) in [5.74, 6) is -0.556. The van der Waals surface area contributed by atoms with E-state index in [2.05, 4.69) is 21.2 Å². The van der Waals surface area contributed by atoms with Gasteiger partial charge in [0, 0.05) is 30.8 Å². The summed E-state index contributed by atoms with van der Waals surface area (Å²) in [7, 11) is 3.23. The first-order valence-corrected chi connectivity index (χ1v) is 6.68. The Kier molecular flexibility index (Phi) is 7.60. The Bertz CT molecular complexity index is 497. The molecule has 20 heavy (non-hydrogen) atoms. The molecule has 7 heteroatoms. The zero-order chi connectivity index (χ0) is 14.6. The summed E-state index contributed by atoms with van der Waals surface area (Å²) >= 11 is 3.29. The molecule has 112 valence electrons. The largest absolute Gasteiger partial charge is 0.398 e. The zero-order valence-corrected chi connectivity index (χ0v) is 14.0. The van der Waals surface area contributed by atoms with Crippen LogP contribution in [0, 0.1) is 5.92 Å². The molecule has 0 spiro atoms. The van der Waals surface area contributed by atoms with Crippen molar-refractivity contribution in [2.24, 2.45) is 5.92 Å². The molecule has 0 radical (unpaired) electrons. The predicted octanol–water partition coefficient (Wildman–Crippen LogP) is 1.91. The van der Waals surface area contributed by atoms with Crippen molar-refractivity contribution in [3.63, 3.8) is 0 Å². The van der Waals surface area contributed by atoms with Crippen LogP contribution in [-0.2, 0) is 4.79 Å². The van der Waals surface area contributed by atoms with Crippen molar-refractivity contribution in [1.29, 1.82) is 0 Å². The number of rotatable bonds is 4. The Labute approximate surface area is 133 Å². The van der Waals surface area contributed by atoms with E-state index >= 15 is 0 Å². The summed E-state index contributed by atoms with van der Waals surface area (Å²) in [6, 6.07) is 5.12. The summed E-state index contributed by atoms with van der Waals surface area (Å²) < 4.78 is 0.822. The van der Waals surface area contributed by atoms with Gasteiger partial charge in [-0.1, -0.05) is 22.9 Å². The van der Waals surface area contributed by atoms with E-state index in [0.717, 1.165) is 4.47 Å². The molecule has 1 aromatic rings. The minimum atomic E-state index is -0.268. The van der Waals surface area contributed by atoms with Crippen LogP contribution in [0.15, 0.2) is 22.7 Å². The van der Waals surface area contributed by atoms with Gasteiger partial charge in [-0.2, -0.15) is 0 Å². The molecule has 0 heterocycles. The quantitative estimate of drug-likeness (QED) is 0.801. The van der Waals surface area contributed by atoms with Gasteiger partial charge >= 0.3 is 0 Å². The molecular weight excluding hydrogens is 346 g/mol. The molecule has 1 aromatic carbocycles. The molecule has 0 fully saturated rings. The first-order valence-electron chi connectivity index (χ1n) is 5.89. The highest BCUT2D eigenvalue weighted by Crippen LogP contribution is 2.20. The molecule has 0 aliphatic carbocycles. The van der Waals surface area contributed by atoms with Gasteiger partial charge in [0.05, 0.1) is 11.5 Å². The van der Waals surface area contributed by atoms with Gasteiger partial charge in [-0.25, -0.2) is 0 Å². The van der Waals surface area contributed by atoms with Crippen molar-refractivity contribution in [2.75, 3.05) is 26.4 Å². The number of carbonyl (C=O) groups is 2. The molecule has 3 N–H and O–H groups in total. The van der Waals surface area contributed by atoms with Crippen LogP contribution in [0.2, 0.25) is 0 Å². The van der Waals surface area contributed by atoms with Crippen molar-refractivity contribution in [1.82, 2.24) is 10.2 Å². The minimum Gasteiger partial charge on any atom is -0.398 e. The van der Waals surface area contributed by atoms with Crippen molar-refractivity contribution in [2.45, 2.75) is 6.92 Å². The lowest BCUT2D eigenvalue weighted by Gasteiger charge is -2.21. The van der Waals surface area contributed by atoms with E-state index in [4.69, 9.17) is 5.73 Å². The highest BCUT2D eigenvalue weighted by Gasteiger charge is 2.19. The number of halogens is 2. The van der Waals surface area contributed by atoms with Gasteiger partial charge < -0.3 is 16.0 Å². The number of hydrogen-bond donors (Lipinski definition) is 2. The van der Waals surface area contributed by atoms with E-state index in [0.29, 0.717) is 17.8 Å². The Balaban J connectivity index is 0.00000361. The Morgan fingerprint density at radius 3 is 2.55 bits per heavy atom. The Morgan fingerprint density at radius 1 is 1.45 bits per heavy atom. The average molecular weight is 365 g/mol. The molecule has 0 aliphatic heterocycles. The van der Waals surface area contributed by atoms with Crippen LogP contribution >= 0.6 is 28.3 Å². The SMILES string of the molecule is CNC(=O)C(C)CN(C)C(=O)c1ccc(Br)cc1N.Cl. The number of carbonyl (C=O) groups excluding carboxylic acids is 2. The van der Waals surface area contributed by atoms with Crippen LogP contribution < -0.4 is 11.1 Å². The number of nitrogens with one attached hydrogen (secondary N) is 1. The second-order valence-electron chi connectivity index (χ2n) is 4.43. The summed E-state index contributed by atoms with van der Waals surface area (Å²) in [4.78, 5) is 25.2. The Morgan fingerprint density at radius 2 is 2.05 bits per heavy atom. The molecule has 0 saturated heterocycles. The van der Waals surface area contributed by atoms with Crippen molar-refractivity contribution >= 4 is 45.8 Å². The van der Waals surface area contributed by atoms with Gasteiger partial charge in [-0.05, 0) is 18.2 Å². The topological polar surface area (TPSA) is 75.4 Å². The van der Waals surface area contributed by atoms with Gasteiger partial charge in [0.15, 0.2) is 0 Å². The number of anilines is 1. The fourth-order valence-corrected chi connectivity index (χ4v) is 2.14. The maximum Gasteiger partial charge on any atom is 0.255 e. The summed E-state index contributed by atoms with van der Waals surface area (Å²) in [5, 5.41) is 2.56. The van der Waals surface area contributed by atoms with Crippen molar-refractivity contribution < 1.29 is 9.59 Å². The third-order valence-corrected chi connectivity index (χ3v) is 3.33. The first-order chi connectivity index (χ1) is 8.86. The molecule has 0 saturated carbocycles. The van der Waals surface area contributed by atoms with Crippen LogP contribution in [0.3, 0.4) is 0 Å². The lowest BCUT2D eigenvalue weighted by molar-refractivity contribution is -0.124. The number of amides is 2. The van der Waals surface area contributed by atoms with Crippen LogP contribution in [-0.4, -0.2) is 37.4 Å². The van der Waals surface area contributed by atoms with E-state index < -0.39 is 0 Å². The number of hydrogen-bond acceptors (Lipinski definition) is 3. The highest BCUT2D eigenvalue weighted by atomic mass is 79.9. The standard InChI is InChI=1S/C13H18BrN3O2.ClH/c1-8(12(18)16-2)7-17(3)13(19)10-5-4-9(14)6-11(10)15;/h4-6,8H,7,15H2,1-3H3,(H,16,18);1H. The summed E-state index contributed by atoms with van der Waals surface area (Å²) in [6.45, 7) is 2.11. The summed E-state index contributed by atoms with van der Waals surface area (Å²) in [5.41, 5.74) is 6.68. The van der Waals surface area contributed by atoms with Gasteiger partial charge in [0.2, 0.25) is 5.91 Å². The molecule has 2 amide bonds. The maximum atomic E-state index is 12.2. The highest BCUT2D eigenvalue weighted by molar-refractivity contribution is 9.10. The lowest BCUT2D eigenvalue weighted by atomic mass is 10.1. The van der Waals surface area contributed by atoms with Gasteiger partial charge in [-0.3, -0.25) is 9.59 Å². The van der Waals surface area contributed by atoms with Crippen LogP contribution in [0.5, 0.6) is 0 Å². The lowest BCUT2D eigenvalue weighted by Crippen LogP contribution is -2.37. The van der Waals surface area contributed by atoms with Crippen LogP contribution in [0.1, 0.15) is 17.3 Å². The number of nitrogen functional groups attached to an aromatic ring is 1. The zero-order valence-electron chi connectivity index (χ0n) is 11.6. The number of benzene rings is 1. The van der Waals surface area contributed by atoms with Crippen LogP contribution in [0.4, 0.5) is 5.69 Å². The smallest absolute Gasteiger partial charge is 0.255 e. The molecule has 0 aliphatic rings. The second kappa shape index (κ2) is 8.11. The maximum absolute atomic E-state index is 12.2. The molecule has 1 unspecified atom stereocenters. The summed E-state index contributed by atoms with van der Waals surface area (Å²) in [6.07, 6.45) is 0. The fourth-order valence-electron chi connectivity index (χ4n) is 1.76. The van der Waals surface area contributed by atoms with Gasteiger partial charge in [0.25, 0.3) is 5.91 Å². The van der Waals surface area contributed by atoms with E-state index in [-0.39, 0.29) is 30.1 Å². The Hall–Kier alpha value is -1.27. The first kappa shape index (κ1) is 18.7. The van der Waals surface area contributed by atoms with E-state index in [9.17, 15) is 9.59 Å². The molecule has 5 nitrogen and oxygen atoms in total. The normalized spacial score (nSPS) is 11.2. The fraction of sp³-hybridized carbons (Fsp3) is 0.385. The van der Waals surface area contributed by atoms with Gasteiger partial charge in [-0.15, -0.1) is 12.4 Å². The van der Waals surface area contributed by atoms with Gasteiger partial charge in [0.1, 0.15) is 0 Å². The molecular formula is C13H19BrClN3O2. The van der Waals surface area contributed by atoms with Crippen LogP contribution in [0.25, 0.3) is 0 Å². The molecule has 1 rings (SSSR count). The minimum absolute atomic E-state index is 0. The third-order valence-electron chi connectivity index (χ3n) is 2.83. The molecule has 1 atom stereocenters. The van der Waals surface area contributed by atoms with Crippen molar-refractivity contribution in [3.8, 4) is 0 Å². The van der Waals surface area contributed by atoms with E-state index in [1.807, 2.05) is 0 Å². The second-order valence-corrected chi connectivity index (χ2v) is 5.35. The molecule has 0 aromatic heterocycles. The van der Waals surface area contributed by atoms with E-state index in [1.54, 1.807) is 39.2 Å². The van der Waals surface area contributed by atoms with Crippen molar-refractivity contribution in [3.05, 3.63) is 28.2 Å². The van der Waals surface area contributed by atoms with E-state index in [1.165, 1.54) is 4.90 Å². The number of nitrogens with zero attached hydrogens (tertiary/aromatic N) is 1. The number of nitrogens with two attached hydrogens (primary N) is 1. The average Bonchev–Trinajstić information content (AvgIpc) is 2.36.